The molecule has 1 atom stereocenters. The number of hydrogen-bond donors (Lipinski definition) is 1. The molecule has 156 valence electrons. The highest BCUT2D eigenvalue weighted by molar-refractivity contribution is 5.92. The van der Waals surface area contributed by atoms with Crippen LogP contribution in [0.5, 0.6) is 0 Å². The van der Waals surface area contributed by atoms with Crippen molar-refractivity contribution in [2.24, 2.45) is 0 Å². The minimum atomic E-state index is 0.00719. The molecule has 0 aromatic carbocycles. The number of likely N-dealkylation sites (tertiary alicyclic amines) is 1. The van der Waals surface area contributed by atoms with Crippen LogP contribution in [0.25, 0.3) is 0 Å². The third-order valence-corrected chi connectivity index (χ3v) is 5.95. The number of aromatic amines is 1. The second-order valence-corrected chi connectivity index (χ2v) is 8.16. The Morgan fingerprint density at radius 2 is 2.17 bits per heavy atom. The third kappa shape index (κ3) is 4.34. The van der Waals surface area contributed by atoms with Crippen LogP contribution < -0.4 is 0 Å². The van der Waals surface area contributed by atoms with E-state index in [0.717, 1.165) is 51.1 Å². The lowest BCUT2D eigenvalue weighted by Gasteiger charge is -2.41. The fraction of sp³-hybridized carbons (Fsp3) is 0.600. The maximum absolute atomic E-state index is 12.7. The van der Waals surface area contributed by atoms with Gasteiger partial charge in [0.15, 0.2) is 0 Å². The van der Waals surface area contributed by atoms with Crippen LogP contribution in [0.2, 0.25) is 0 Å². The smallest absolute Gasteiger partial charge is 0.269 e. The number of H-pyrrole nitrogens is 1. The summed E-state index contributed by atoms with van der Waals surface area (Å²) in [4.78, 5) is 34.3. The average molecular weight is 399 g/mol. The van der Waals surface area contributed by atoms with E-state index >= 15 is 0 Å². The summed E-state index contributed by atoms with van der Waals surface area (Å²) in [7, 11) is 3.54. The van der Waals surface area contributed by atoms with E-state index in [4.69, 9.17) is 0 Å². The van der Waals surface area contributed by atoms with Gasteiger partial charge in [0.05, 0.1) is 12.7 Å². The predicted molar refractivity (Wildman–Crippen MR) is 107 cm³/mol. The fourth-order valence-corrected chi connectivity index (χ4v) is 4.32. The number of fused-ring (bicyclic) bond motifs is 1. The summed E-state index contributed by atoms with van der Waals surface area (Å²) in [6, 6.07) is 2.36. The lowest BCUT2D eigenvalue weighted by Crippen LogP contribution is -2.51. The molecule has 0 radical (unpaired) electrons. The normalized spacial score (nSPS) is 19.8. The Morgan fingerprint density at radius 1 is 1.31 bits per heavy atom. The Labute approximate surface area is 170 Å². The van der Waals surface area contributed by atoms with Crippen molar-refractivity contribution in [3.63, 3.8) is 0 Å². The van der Waals surface area contributed by atoms with Gasteiger partial charge in [-0.25, -0.2) is 0 Å². The van der Waals surface area contributed by atoms with Crippen molar-refractivity contribution in [1.29, 1.82) is 0 Å². The third-order valence-electron chi connectivity index (χ3n) is 5.95. The summed E-state index contributed by atoms with van der Waals surface area (Å²) >= 11 is 0. The molecule has 1 fully saturated rings. The molecule has 2 aromatic heterocycles. The van der Waals surface area contributed by atoms with Gasteiger partial charge in [-0.1, -0.05) is 5.21 Å². The van der Waals surface area contributed by atoms with Crippen LogP contribution in [0.4, 0.5) is 0 Å². The van der Waals surface area contributed by atoms with Crippen molar-refractivity contribution < 1.29 is 9.59 Å². The maximum atomic E-state index is 12.7. The number of carbonyl (C=O) groups is 2. The molecule has 9 heteroatoms. The van der Waals surface area contributed by atoms with Crippen LogP contribution in [-0.2, 0) is 24.3 Å². The van der Waals surface area contributed by atoms with E-state index in [1.807, 2.05) is 11.0 Å². The molecule has 2 aromatic rings. The zero-order valence-corrected chi connectivity index (χ0v) is 17.2. The molecule has 1 unspecified atom stereocenters. The van der Waals surface area contributed by atoms with Crippen molar-refractivity contribution in [3.05, 3.63) is 35.4 Å². The second kappa shape index (κ2) is 8.36. The summed E-state index contributed by atoms with van der Waals surface area (Å²) in [5, 5.41) is 7.71. The summed E-state index contributed by atoms with van der Waals surface area (Å²) in [5.74, 6) is 0.189. The molecule has 9 nitrogen and oxygen atoms in total. The van der Waals surface area contributed by atoms with E-state index in [9.17, 15) is 9.59 Å². The summed E-state index contributed by atoms with van der Waals surface area (Å²) in [5.41, 5.74) is 3.04. The van der Waals surface area contributed by atoms with Crippen LogP contribution in [-0.4, -0.2) is 86.3 Å². The lowest BCUT2D eigenvalue weighted by atomic mass is 9.99. The molecular weight excluding hydrogens is 370 g/mol. The van der Waals surface area contributed by atoms with Gasteiger partial charge in [0.1, 0.15) is 5.69 Å². The van der Waals surface area contributed by atoms with Crippen LogP contribution in [0.3, 0.4) is 0 Å². The minimum absolute atomic E-state index is 0.00719. The topological polar surface area (TPSA) is 90.4 Å². The van der Waals surface area contributed by atoms with Crippen molar-refractivity contribution in [2.45, 2.75) is 44.8 Å². The Bertz CT molecular complexity index is 858. The van der Waals surface area contributed by atoms with Gasteiger partial charge < -0.3 is 14.8 Å². The number of carbonyl (C=O) groups excluding carboxylic acids is 2. The van der Waals surface area contributed by atoms with Gasteiger partial charge in [-0.05, 0) is 30.9 Å². The predicted octanol–water partition coefficient (Wildman–Crippen LogP) is 0.747. The highest BCUT2D eigenvalue weighted by Crippen LogP contribution is 2.25. The zero-order valence-electron chi connectivity index (χ0n) is 17.2. The van der Waals surface area contributed by atoms with Crippen molar-refractivity contribution >= 4 is 11.8 Å². The molecular formula is C20H29N7O2. The summed E-state index contributed by atoms with van der Waals surface area (Å²) in [6.45, 7) is 3.94. The highest BCUT2D eigenvalue weighted by Gasteiger charge is 2.31. The molecule has 2 aliphatic heterocycles. The van der Waals surface area contributed by atoms with Crippen LogP contribution in [0.1, 0.15) is 41.0 Å². The Hall–Kier alpha value is -2.68. The number of nitrogens with one attached hydrogen (secondary N) is 1. The van der Waals surface area contributed by atoms with E-state index in [-0.39, 0.29) is 11.8 Å². The van der Waals surface area contributed by atoms with Crippen molar-refractivity contribution in [3.8, 4) is 0 Å². The molecule has 4 heterocycles. The molecule has 2 amide bonds. The van der Waals surface area contributed by atoms with E-state index < -0.39 is 0 Å². The first kappa shape index (κ1) is 19.6. The molecule has 2 aliphatic rings. The van der Waals surface area contributed by atoms with E-state index in [1.165, 1.54) is 5.56 Å². The monoisotopic (exact) mass is 399 g/mol. The Morgan fingerprint density at radius 3 is 2.93 bits per heavy atom. The number of aryl methyl sites for hydroxylation is 1. The van der Waals surface area contributed by atoms with Crippen LogP contribution in [0.15, 0.2) is 18.5 Å². The van der Waals surface area contributed by atoms with Crippen LogP contribution in [0, 0.1) is 0 Å². The quantitative estimate of drug-likeness (QED) is 0.801. The molecule has 0 spiro atoms. The molecule has 4 rings (SSSR count). The molecule has 0 bridgehead atoms. The Kier molecular flexibility index (Phi) is 5.66. The first-order valence-corrected chi connectivity index (χ1v) is 10.3. The minimum Gasteiger partial charge on any atom is -0.353 e. The standard InChI is InChI=1S/C20H29N7O2/c1-24(2)20(29)17-12-15-5-9-25(14-18(15)22-17)16-4-3-8-26(13-16)19(28)6-10-27-11-7-21-23-27/h7,11-12,16,22H,3-6,8-10,13-14H2,1-2H3. The van der Waals surface area contributed by atoms with Gasteiger partial charge >= 0.3 is 0 Å². The lowest BCUT2D eigenvalue weighted by molar-refractivity contribution is -0.133. The van der Waals surface area contributed by atoms with E-state index in [0.29, 0.717) is 24.7 Å². The van der Waals surface area contributed by atoms with Gasteiger partial charge in [0, 0.05) is 64.6 Å². The number of aromatic nitrogens is 4. The van der Waals surface area contributed by atoms with E-state index in [2.05, 4.69) is 20.2 Å². The fourth-order valence-electron chi connectivity index (χ4n) is 4.32. The summed E-state index contributed by atoms with van der Waals surface area (Å²) < 4.78 is 1.70. The van der Waals surface area contributed by atoms with Crippen molar-refractivity contribution in [2.75, 3.05) is 33.7 Å². The maximum Gasteiger partial charge on any atom is 0.269 e. The number of piperidine rings is 1. The molecule has 1 N–H and O–H groups in total. The largest absolute Gasteiger partial charge is 0.353 e. The molecule has 29 heavy (non-hydrogen) atoms. The Balaban J connectivity index is 1.35. The highest BCUT2D eigenvalue weighted by atomic mass is 16.2. The SMILES string of the molecule is CN(C)C(=O)c1cc2c([nH]1)CN(C1CCCN(C(=O)CCn3ccnn3)C1)CC2. The van der Waals surface area contributed by atoms with Crippen LogP contribution >= 0.6 is 0 Å². The van der Waals surface area contributed by atoms with Gasteiger partial charge in [-0.3, -0.25) is 19.2 Å². The first-order valence-electron chi connectivity index (χ1n) is 10.3. The van der Waals surface area contributed by atoms with E-state index in [1.54, 1.807) is 36.1 Å². The number of rotatable bonds is 5. The number of hydrogen-bond acceptors (Lipinski definition) is 5. The average Bonchev–Trinajstić information content (AvgIpc) is 3.40. The number of nitrogens with zero attached hydrogens (tertiary/aromatic N) is 6. The summed E-state index contributed by atoms with van der Waals surface area (Å²) in [6.07, 6.45) is 6.92. The van der Waals surface area contributed by atoms with Gasteiger partial charge in [0.2, 0.25) is 5.91 Å². The van der Waals surface area contributed by atoms with Gasteiger partial charge in [-0.15, -0.1) is 5.10 Å². The zero-order chi connectivity index (χ0) is 20.4. The second-order valence-electron chi connectivity index (χ2n) is 8.16. The number of amides is 2. The first-order chi connectivity index (χ1) is 14.0. The van der Waals surface area contributed by atoms with Crippen molar-refractivity contribution in [1.82, 2.24) is 34.7 Å². The molecule has 0 aliphatic carbocycles. The molecule has 1 saturated heterocycles. The molecule has 0 saturated carbocycles. The van der Waals surface area contributed by atoms with Gasteiger partial charge in [0.25, 0.3) is 5.91 Å². The van der Waals surface area contributed by atoms with Gasteiger partial charge in [-0.2, -0.15) is 0 Å².